The summed E-state index contributed by atoms with van der Waals surface area (Å²) in [6, 6.07) is 0. The van der Waals surface area contributed by atoms with Crippen LogP contribution in [-0.4, -0.2) is 35.9 Å². The lowest BCUT2D eigenvalue weighted by molar-refractivity contribution is -0.164. The van der Waals surface area contributed by atoms with Gasteiger partial charge in [-0.25, -0.2) is 4.79 Å². The second-order valence-electron chi connectivity index (χ2n) is 7.74. The highest BCUT2D eigenvalue weighted by Gasteiger charge is 2.44. The lowest BCUT2D eigenvalue weighted by atomic mass is 9.98. The van der Waals surface area contributed by atoms with E-state index in [9.17, 15) is 14.7 Å². The molecule has 1 saturated heterocycles. The molecule has 1 fully saturated rings. The lowest BCUT2D eigenvalue weighted by Crippen LogP contribution is -2.39. The second kappa shape index (κ2) is 13.8. The van der Waals surface area contributed by atoms with Crippen LogP contribution in [0.25, 0.3) is 0 Å². The molecular weight excluding hydrogens is 344 g/mol. The second-order valence-corrected chi connectivity index (χ2v) is 7.74. The highest BCUT2D eigenvalue weighted by Crippen LogP contribution is 2.31. The summed E-state index contributed by atoms with van der Waals surface area (Å²) in [5.74, 6) is -0.850. The first-order valence-electron chi connectivity index (χ1n) is 10.7. The van der Waals surface area contributed by atoms with Gasteiger partial charge in [-0.15, -0.1) is 0 Å². The SMILES string of the molecule is CCCCCCCCCCCCC/C=C1/C[C@](CO)(COC(C)=O)OC1=O. The van der Waals surface area contributed by atoms with Gasteiger partial charge in [-0.2, -0.15) is 0 Å². The molecule has 1 rings (SSSR count). The summed E-state index contributed by atoms with van der Waals surface area (Å²) in [4.78, 5) is 22.9. The number of aliphatic hydroxyl groups is 1. The third-order valence-electron chi connectivity index (χ3n) is 5.11. The molecule has 0 aliphatic carbocycles. The summed E-state index contributed by atoms with van der Waals surface area (Å²) < 4.78 is 10.2. The lowest BCUT2D eigenvalue weighted by Gasteiger charge is -2.23. The number of unbranched alkanes of at least 4 members (excludes halogenated alkanes) is 11. The quantitative estimate of drug-likeness (QED) is 0.249. The summed E-state index contributed by atoms with van der Waals surface area (Å²) in [5.41, 5.74) is -0.519. The normalized spacial score (nSPS) is 20.9. The van der Waals surface area contributed by atoms with E-state index in [0.29, 0.717) is 12.0 Å². The predicted molar refractivity (Wildman–Crippen MR) is 106 cm³/mol. The number of cyclic esters (lactones) is 1. The van der Waals surface area contributed by atoms with E-state index in [2.05, 4.69) is 6.92 Å². The van der Waals surface area contributed by atoms with E-state index in [-0.39, 0.29) is 13.2 Å². The van der Waals surface area contributed by atoms with Crippen LogP contribution in [0.5, 0.6) is 0 Å². The maximum Gasteiger partial charge on any atom is 0.334 e. The third-order valence-corrected chi connectivity index (χ3v) is 5.11. The van der Waals surface area contributed by atoms with E-state index in [1.54, 1.807) is 0 Å². The molecule has 1 atom stereocenters. The minimum Gasteiger partial charge on any atom is -0.462 e. The summed E-state index contributed by atoms with van der Waals surface area (Å²) >= 11 is 0. The van der Waals surface area contributed by atoms with Gasteiger partial charge in [0.2, 0.25) is 0 Å². The first-order chi connectivity index (χ1) is 13.0. The van der Waals surface area contributed by atoms with Crippen LogP contribution < -0.4 is 0 Å². The number of hydrogen-bond acceptors (Lipinski definition) is 5. The van der Waals surface area contributed by atoms with Crippen LogP contribution in [0.3, 0.4) is 0 Å². The molecule has 156 valence electrons. The third kappa shape index (κ3) is 9.94. The maximum absolute atomic E-state index is 12.0. The molecule has 0 bridgehead atoms. The van der Waals surface area contributed by atoms with E-state index in [0.717, 1.165) is 12.8 Å². The fourth-order valence-electron chi connectivity index (χ4n) is 3.41. The van der Waals surface area contributed by atoms with Crippen LogP contribution in [0.4, 0.5) is 0 Å². The van der Waals surface area contributed by atoms with E-state index in [1.165, 1.54) is 71.1 Å². The van der Waals surface area contributed by atoms with Gasteiger partial charge in [0.05, 0.1) is 6.61 Å². The van der Waals surface area contributed by atoms with Crippen molar-refractivity contribution in [3.05, 3.63) is 11.6 Å². The Kier molecular flexibility index (Phi) is 12.1. The number of carbonyl (C=O) groups is 2. The summed E-state index contributed by atoms with van der Waals surface area (Å²) in [5, 5.41) is 9.54. The van der Waals surface area contributed by atoms with Crippen LogP contribution in [0.1, 0.15) is 97.3 Å². The molecule has 0 aromatic carbocycles. The van der Waals surface area contributed by atoms with Gasteiger partial charge in [-0.05, 0) is 12.8 Å². The fraction of sp³-hybridized carbons (Fsp3) is 0.818. The molecule has 0 amide bonds. The Bertz CT molecular complexity index is 471. The van der Waals surface area contributed by atoms with E-state index >= 15 is 0 Å². The molecule has 1 aliphatic heterocycles. The topological polar surface area (TPSA) is 72.8 Å². The zero-order chi connectivity index (χ0) is 20.0. The Labute approximate surface area is 164 Å². The number of aliphatic hydroxyl groups excluding tert-OH is 1. The smallest absolute Gasteiger partial charge is 0.334 e. The number of allylic oxidation sites excluding steroid dienone is 1. The molecule has 1 aliphatic rings. The van der Waals surface area contributed by atoms with Crippen LogP contribution in [0.15, 0.2) is 11.6 Å². The average Bonchev–Trinajstić information content (AvgIpc) is 2.97. The van der Waals surface area contributed by atoms with Gasteiger partial charge < -0.3 is 14.6 Å². The molecule has 0 saturated carbocycles. The molecule has 0 radical (unpaired) electrons. The Morgan fingerprint density at radius 3 is 2.15 bits per heavy atom. The monoisotopic (exact) mass is 382 g/mol. The molecule has 5 nitrogen and oxygen atoms in total. The molecule has 1 heterocycles. The number of ether oxygens (including phenoxy) is 2. The Balaban J connectivity index is 2.13. The Morgan fingerprint density at radius 2 is 1.63 bits per heavy atom. The van der Waals surface area contributed by atoms with Crippen molar-refractivity contribution in [1.29, 1.82) is 0 Å². The molecule has 27 heavy (non-hydrogen) atoms. The molecule has 0 aromatic rings. The standard InChI is InChI=1S/C22H38O5/c1-3-4-5-6-7-8-9-10-11-12-13-14-15-20-16-22(17-23,27-21(20)25)18-26-19(2)24/h15,23H,3-14,16-18H2,1-2H3/b20-15-/t22-/m0/s1. The number of carbonyl (C=O) groups excluding carboxylic acids is 2. The van der Waals surface area contributed by atoms with E-state index in [4.69, 9.17) is 9.47 Å². The van der Waals surface area contributed by atoms with Crippen molar-refractivity contribution in [2.75, 3.05) is 13.2 Å². The first kappa shape index (κ1) is 23.7. The van der Waals surface area contributed by atoms with E-state index in [1.807, 2.05) is 6.08 Å². The van der Waals surface area contributed by atoms with Gasteiger partial charge in [-0.1, -0.05) is 77.2 Å². The Hall–Kier alpha value is -1.36. The van der Waals surface area contributed by atoms with E-state index < -0.39 is 17.5 Å². The van der Waals surface area contributed by atoms with Gasteiger partial charge in [-0.3, -0.25) is 4.79 Å². The molecule has 0 unspecified atom stereocenters. The van der Waals surface area contributed by atoms with Crippen molar-refractivity contribution in [2.45, 2.75) is 103 Å². The summed E-state index contributed by atoms with van der Waals surface area (Å²) in [7, 11) is 0. The largest absolute Gasteiger partial charge is 0.462 e. The minimum absolute atomic E-state index is 0.0969. The average molecular weight is 383 g/mol. The van der Waals surface area contributed by atoms with Crippen molar-refractivity contribution in [1.82, 2.24) is 0 Å². The first-order valence-corrected chi connectivity index (χ1v) is 10.7. The minimum atomic E-state index is -1.11. The molecule has 0 aromatic heterocycles. The maximum atomic E-state index is 12.0. The molecule has 0 spiro atoms. The molecule has 5 heteroatoms. The number of esters is 2. The Morgan fingerprint density at radius 1 is 1.07 bits per heavy atom. The number of hydrogen-bond donors (Lipinski definition) is 1. The van der Waals surface area contributed by atoms with Gasteiger partial charge in [0, 0.05) is 18.9 Å². The van der Waals surface area contributed by atoms with Crippen molar-refractivity contribution >= 4 is 11.9 Å². The van der Waals surface area contributed by atoms with Crippen LogP contribution >= 0.6 is 0 Å². The molecular formula is C22H38O5. The van der Waals surface area contributed by atoms with Crippen LogP contribution in [0, 0.1) is 0 Å². The number of rotatable bonds is 15. The van der Waals surface area contributed by atoms with Crippen LogP contribution in [0.2, 0.25) is 0 Å². The van der Waals surface area contributed by atoms with Crippen molar-refractivity contribution in [2.24, 2.45) is 0 Å². The van der Waals surface area contributed by atoms with Gasteiger partial charge in [0.1, 0.15) is 6.61 Å². The van der Waals surface area contributed by atoms with Gasteiger partial charge in [0.25, 0.3) is 0 Å². The highest BCUT2D eigenvalue weighted by atomic mass is 16.6. The van der Waals surface area contributed by atoms with Crippen molar-refractivity contribution < 1.29 is 24.2 Å². The summed E-state index contributed by atoms with van der Waals surface area (Å²) in [6.45, 7) is 3.10. The van der Waals surface area contributed by atoms with Crippen molar-refractivity contribution in [3.8, 4) is 0 Å². The van der Waals surface area contributed by atoms with Crippen molar-refractivity contribution in [3.63, 3.8) is 0 Å². The molecule has 1 N–H and O–H groups in total. The zero-order valence-electron chi connectivity index (χ0n) is 17.3. The predicted octanol–water partition coefficient (Wildman–Crippen LogP) is 4.86. The van der Waals surface area contributed by atoms with Gasteiger partial charge in [0.15, 0.2) is 5.60 Å². The fourth-order valence-corrected chi connectivity index (χ4v) is 3.41. The zero-order valence-corrected chi connectivity index (χ0v) is 17.3. The van der Waals surface area contributed by atoms with Gasteiger partial charge >= 0.3 is 11.9 Å². The van der Waals surface area contributed by atoms with Crippen LogP contribution in [-0.2, 0) is 19.1 Å². The highest BCUT2D eigenvalue weighted by molar-refractivity contribution is 5.91. The summed E-state index contributed by atoms with van der Waals surface area (Å²) in [6.07, 6.45) is 17.3.